The van der Waals surface area contributed by atoms with Crippen molar-refractivity contribution in [2.75, 3.05) is 19.6 Å². The van der Waals surface area contributed by atoms with Gasteiger partial charge in [0.2, 0.25) is 0 Å². The molecule has 4 rings (SSSR count). The molecule has 0 unspecified atom stereocenters. The summed E-state index contributed by atoms with van der Waals surface area (Å²) < 4.78 is 0. The highest BCUT2D eigenvalue weighted by molar-refractivity contribution is 5.93. The van der Waals surface area contributed by atoms with Gasteiger partial charge in [-0.3, -0.25) is 9.69 Å². The Hall–Kier alpha value is -1.36. The number of H-pyrrole nitrogens is 1. The number of carbonyl (C=O) groups excluding carboxylic acids is 1. The SMILES string of the molecule is CC1(C)CNC(=O)c2nc(CC34CCCN3CCC4)[nH]c2C1. The van der Waals surface area contributed by atoms with Crippen LogP contribution in [-0.4, -0.2) is 45.9 Å². The topological polar surface area (TPSA) is 61.0 Å². The van der Waals surface area contributed by atoms with Crippen molar-refractivity contribution in [2.24, 2.45) is 5.41 Å². The Morgan fingerprint density at radius 1 is 1.23 bits per heavy atom. The van der Waals surface area contributed by atoms with Crippen LogP contribution in [0.1, 0.15) is 61.5 Å². The summed E-state index contributed by atoms with van der Waals surface area (Å²) in [6.45, 7) is 7.56. The third-order valence-electron chi connectivity index (χ3n) is 5.73. The Morgan fingerprint density at radius 3 is 2.68 bits per heavy atom. The monoisotopic (exact) mass is 302 g/mol. The third kappa shape index (κ3) is 2.26. The molecule has 0 spiro atoms. The molecule has 1 aromatic heterocycles. The number of fused-ring (bicyclic) bond motifs is 2. The molecule has 4 heterocycles. The number of rotatable bonds is 2. The number of hydrogen-bond acceptors (Lipinski definition) is 3. The maximum atomic E-state index is 12.3. The molecule has 2 saturated heterocycles. The van der Waals surface area contributed by atoms with E-state index >= 15 is 0 Å². The molecule has 0 radical (unpaired) electrons. The Bertz CT molecular complexity index is 594. The van der Waals surface area contributed by atoms with Gasteiger partial charge in [-0.25, -0.2) is 4.98 Å². The fraction of sp³-hybridized carbons (Fsp3) is 0.765. The summed E-state index contributed by atoms with van der Waals surface area (Å²) in [7, 11) is 0. The normalized spacial score (nSPS) is 26.4. The van der Waals surface area contributed by atoms with Crippen molar-refractivity contribution in [3.05, 3.63) is 17.2 Å². The first-order valence-corrected chi connectivity index (χ1v) is 8.59. The quantitative estimate of drug-likeness (QED) is 0.877. The van der Waals surface area contributed by atoms with E-state index < -0.39 is 0 Å². The molecule has 0 aliphatic carbocycles. The lowest BCUT2D eigenvalue weighted by molar-refractivity contribution is 0.0940. The van der Waals surface area contributed by atoms with Gasteiger partial charge in [0.1, 0.15) is 11.5 Å². The predicted octanol–water partition coefficient (Wildman–Crippen LogP) is 1.89. The van der Waals surface area contributed by atoms with Gasteiger partial charge in [0, 0.05) is 24.2 Å². The van der Waals surface area contributed by atoms with Crippen LogP contribution in [0.25, 0.3) is 0 Å². The fourth-order valence-electron chi connectivity index (χ4n) is 4.63. The molecular weight excluding hydrogens is 276 g/mol. The number of aromatic amines is 1. The second kappa shape index (κ2) is 4.82. The number of aromatic nitrogens is 2. The number of carbonyl (C=O) groups is 1. The lowest BCUT2D eigenvalue weighted by atomic mass is 9.88. The Morgan fingerprint density at radius 2 is 1.95 bits per heavy atom. The number of amides is 1. The minimum absolute atomic E-state index is 0.0183. The van der Waals surface area contributed by atoms with Gasteiger partial charge in [0.25, 0.3) is 5.91 Å². The van der Waals surface area contributed by atoms with Crippen LogP contribution in [-0.2, 0) is 12.8 Å². The fourth-order valence-corrected chi connectivity index (χ4v) is 4.63. The number of imidazole rings is 1. The molecule has 22 heavy (non-hydrogen) atoms. The van der Waals surface area contributed by atoms with Crippen molar-refractivity contribution in [2.45, 2.75) is 57.9 Å². The van der Waals surface area contributed by atoms with E-state index in [1.54, 1.807) is 0 Å². The average Bonchev–Trinajstić information content (AvgIpc) is 3.08. The lowest BCUT2D eigenvalue weighted by Crippen LogP contribution is -2.40. The number of nitrogens with one attached hydrogen (secondary N) is 2. The zero-order valence-electron chi connectivity index (χ0n) is 13.7. The van der Waals surface area contributed by atoms with Gasteiger partial charge in [-0.15, -0.1) is 0 Å². The Kier molecular flexibility index (Phi) is 3.12. The maximum Gasteiger partial charge on any atom is 0.271 e. The first kappa shape index (κ1) is 14.2. The standard InChI is InChI=1S/C17H26N4O/c1-16(2)9-12-14(15(22)18-11-16)20-13(19-12)10-17-5-3-7-21(17)8-4-6-17/h3-11H2,1-2H3,(H,18,22)(H,19,20). The van der Waals surface area contributed by atoms with Crippen molar-refractivity contribution >= 4 is 5.91 Å². The predicted molar refractivity (Wildman–Crippen MR) is 84.9 cm³/mol. The van der Waals surface area contributed by atoms with E-state index in [0.29, 0.717) is 17.8 Å². The summed E-state index contributed by atoms with van der Waals surface area (Å²) in [4.78, 5) is 23.1. The minimum atomic E-state index is -0.0183. The smallest absolute Gasteiger partial charge is 0.271 e. The highest BCUT2D eigenvalue weighted by Gasteiger charge is 2.45. The Labute approximate surface area is 131 Å². The first-order chi connectivity index (χ1) is 10.5. The summed E-state index contributed by atoms with van der Waals surface area (Å²) in [6, 6.07) is 0. The molecule has 2 N–H and O–H groups in total. The van der Waals surface area contributed by atoms with E-state index in [-0.39, 0.29) is 11.3 Å². The molecule has 1 aromatic rings. The van der Waals surface area contributed by atoms with Crippen LogP contribution in [0.15, 0.2) is 0 Å². The summed E-state index contributed by atoms with van der Waals surface area (Å²) in [5.74, 6) is 0.988. The second-order valence-corrected chi connectivity index (χ2v) is 8.13. The lowest BCUT2D eigenvalue weighted by Gasteiger charge is -2.31. The number of nitrogens with zero attached hydrogens (tertiary/aromatic N) is 2. The molecule has 0 saturated carbocycles. The van der Waals surface area contributed by atoms with E-state index in [1.165, 1.54) is 38.8 Å². The minimum Gasteiger partial charge on any atom is -0.350 e. The third-order valence-corrected chi connectivity index (χ3v) is 5.73. The maximum absolute atomic E-state index is 12.3. The van der Waals surface area contributed by atoms with Gasteiger partial charge in [-0.05, 0) is 50.6 Å². The summed E-state index contributed by atoms with van der Waals surface area (Å²) in [5, 5.41) is 3.01. The van der Waals surface area contributed by atoms with Gasteiger partial charge in [0.15, 0.2) is 0 Å². The molecule has 120 valence electrons. The van der Waals surface area contributed by atoms with Crippen LogP contribution in [0.5, 0.6) is 0 Å². The number of hydrogen-bond donors (Lipinski definition) is 2. The van der Waals surface area contributed by atoms with Crippen molar-refractivity contribution in [3.63, 3.8) is 0 Å². The summed E-state index contributed by atoms with van der Waals surface area (Å²) in [5.41, 5.74) is 2.03. The highest BCUT2D eigenvalue weighted by Crippen LogP contribution is 2.41. The highest BCUT2D eigenvalue weighted by atomic mass is 16.1. The molecule has 0 bridgehead atoms. The zero-order valence-corrected chi connectivity index (χ0v) is 13.7. The molecule has 3 aliphatic heterocycles. The van der Waals surface area contributed by atoms with Gasteiger partial charge < -0.3 is 10.3 Å². The van der Waals surface area contributed by atoms with E-state index in [1.807, 2.05) is 0 Å². The van der Waals surface area contributed by atoms with Crippen molar-refractivity contribution < 1.29 is 4.79 Å². The molecule has 3 aliphatic rings. The van der Waals surface area contributed by atoms with Gasteiger partial charge in [-0.1, -0.05) is 13.8 Å². The van der Waals surface area contributed by atoms with Crippen LogP contribution in [0.3, 0.4) is 0 Å². The second-order valence-electron chi connectivity index (χ2n) is 8.13. The summed E-state index contributed by atoms with van der Waals surface area (Å²) in [6.07, 6.45) is 6.99. The van der Waals surface area contributed by atoms with Gasteiger partial charge in [0.05, 0.1) is 0 Å². The van der Waals surface area contributed by atoms with Gasteiger partial charge >= 0.3 is 0 Å². The molecule has 5 heteroatoms. The van der Waals surface area contributed by atoms with Crippen LogP contribution in [0.2, 0.25) is 0 Å². The molecular formula is C17H26N4O. The van der Waals surface area contributed by atoms with Crippen LogP contribution in [0.4, 0.5) is 0 Å². The zero-order chi connectivity index (χ0) is 15.4. The van der Waals surface area contributed by atoms with Crippen molar-refractivity contribution in [1.82, 2.24) is 20.2 Å². The van der Waals surface area contributed by atoms with Crippen LogP contribution < -0.4 is 5.32 Å². The molecule has 5 nitrogen and oxygen atoms in total. The van der Waals surface area contributed by atoms with E-state index in [2.05, 4.69) is 34.0 Å². The molecule has 1 amide bonds. The van der Waals surface area contributed by atoms with Crippen LogP contribution in [0, 0.1) is 5.41 Å². The molecule has 2 fully saturated rings. The van der Waals surface area contributed by atoms with E-state index in [9.17, 15) is 4.79 Å². The largest absolute Gasteiger partial charge is 0.350 e. The van der Waals surface area contributed by atoms with E-state index in [4.69, 9.17) is 0 Å². The molecule has 0 aromatic carbocycles. The average molecular weight is 302 g/mol. The van der Waals surface area contributed by atoms with E-state index in [0.717, 1.165) is 24.4 Å². The van der Waals surface area contributed by atoms with Gasteiger partial charge in [-0.2, -0.15) is 0 Å². The molecule has 0 atom stereocenters. The Balaban J connectivity index is 1.62. The first-order valence-electron chi connectivity index (χ1n) is 8.59. The van der Waals surface area contributed by atoms with Crippen molar-refractivity contribution in [1.29, 1.82) is 0 Å². The van der Waals surface area contributed by atoms with Crippen molar-refractivity contribution in [3.8, 4) is 0 Å². The van der Waals surface area contributed by atoms with Crippen LogP contribution >= 0.6 is 0 Å². The summed E-state index contributed by atoms with van der Waals surface area (Å²) >= 11 is 0.